The number of anilines is 1. The lowest BCUT2D eigenvalue weighted by Crippen LogP contribution is -2.66. The summed E-state index contributed by atoms with van der Waals surface area (Å²) in [4.78, 5) is 14.3. The number of rotatable bonds is 16. The standard InChI is InChI=1S/C46H61F3N4O5Si/c1-44(2,3)58-43(54)50-25-15-16-36-32-39-41(21-14-22-42(39)53(36)34-46(47,48)49)51-40-23-26-52(7)33-35(40)24-27-55-28-29-56-30-31-57-59(45(4,5)6,37-17-10-8-11-18-37)38-19-12-9-13-20-38/h8-14,17-22,32,35,40,51H,23-31,33-34H2,1-7H3,(H,50,54). The first-order valence-corrected chi connectivity index (χ1v) is 22.4. The van der Waals surface area contributed by atoms with Crippen molar-refractivity contribution in [2.24, 2.45) is 5.92 Å². The number of carbonyl (C=O) groups excluding carboxylic acids is 1. The van der Waals surface area contributed by atoms with Crippen LogP contribution in [0.1, 0.15) is 60.1 Å². The Balaban J connectivity index is 1.16. The number of aromatic nitrogens is 1. The maximum absolute atomic E-state index is 13.8. The summed E-state index contributed by atoms with van der Waals surface area (Å²) in [5, 5.41) is 9.25. The van der Waals surface area contributed by atoms with Crippen molar-refractivity contribution in [3.63, 3.8) is 0 Å². The Labute approximate surface area is 349 Å². The number of ether oxygens (including phenoxy) is 3. The Morgan fingerprint density at radius 1 is 0.847 bits per heavy atom. The van der Waals surface area contributed by atoms with Crippen LogP contribution in [0, 0.1) is 17.8 Å². The molecule has 3 aromatic carbocycles. The van der Waals surface area contributed by atoms with E-state index in [1.54, 1.807) is 39.0 Å². The number of piperidine rings is 1. The fraction of sp³-hybridized carbons (Fsp3) is 0.500. The smallest absolute Gasteiger partial charge is 0.408 e. The number of alkyl carbamates (subject to hydrolysis) is 1. The Bertz CT molecular complexity index is 1960. The second kappa shape index (κ2) is 20.3. The molecule has 2 N–H and O–H groups in total. The first kappa shape index (κ1) is 45.8. The van der Waals surface area contributed by atoms with Crippen LogP contribution in [0.25, 0.3) is 10.9 Å². The van der Waals surface area contributed by atoms with Gasteiger partial charge in [0.25, 0.3) is 8.32 Å². The van der Waals surface area contributed by atoms with E-state index in [1.165, 1.54) is 14.9 Å². The summed E-state index contributed by atoms with van der Waals surface area (Å²) in [6.07, 6.45) is -3.42. The minimum Gasteiger partial charge on any atom is -0.444 e. The lowest BCUT2D eigenvalue weighted by atomic mass is 9.89. The fourth-order valence-corrected chi connectivity index (χ4v) is 12.4. The second-order valence-corrected chi connectivity index (χ2v) is 21.5. The van der Waals surface area contributed by atoms with Gasteiger partial charge in [-0.2, -0.15) is 13.2 Å². The molecular weight excluding hydrogens is 774 g/mol. The molecule has 2 atom stereocenters. The minimum atomic E-state index is -4.46. The molecule has 13 heteroatoms. The first-order chi connectivity index (χ1) is 28.0. The van der Waals surface area contributed by atoms with Crippen molar-refractivity contribution < 1.29 is 36.6 Å². The highest BCUT2D eigenvalue weighted by molar-refractivity contribution is 6.99. The third kappa shape index (κ3) is 12.8. The summed E-state index contributed by atoms with van der Waals surface area (Å²) in [6, 6.07) is 28.3. The SMILES string of the molecule is CN1CCC(Nc2cccc3c2cc(C#CCNC(=O)OC(C)(C)C)n3CC(F)(F)F)C(CCOCCOCCO[Si](c2ccccc2)(c2ccccc2)C(C)(C)C)C1. The van der Waals surface area contributed by atoms with Crippen molar-refractivity contribution in [3.8, 4) is 11.8 Å². The first-order valence-electron chi connectivity index (χ1n) is 20.5. The molecule has 1 aliphatic rings. The number of fused-ring (bicyclic) bond motifs is 1. The number of halogens is 3. The second-order valence-electron chi connectivity index (χ2n) is 17.2. The molecule has 0 bridgehead atoms. The summed E-state index contributed by atoms with van der Waals surface area (Å²) in [6.45, 7) is 14.9. The third-order valence-electron chi connectivity index (χ3n) is 10.5. The minimum absolute atomic E-state index is 0.0730. The van der Waals surface area contributed by atoms with Gasteiger partial charge in [0.2, 0.25) is 0 Å². The molecule has 2 heterocycles. The van der Waals surface area contributed by atoms with Gasteiger partial charge < -0.3 is 38.7 Å². The number of carbonyl (C=O) groups is 1. The summed E-state index contributed by atoms with van der Waals surface area (Å²) in [7, 11) is -0.519. The van der Waals surface area contributed by atoms with Crippen molar-refractivity contribution in [1.82, 2.24) is 14.8 Å². The molecule has 1 aliphatic heterocycles. The maximum atomic E-state index is 13.8. The highest BCUT2D eigenvalue weighted by Crippen LogP contribution is 2.37. The van der Waals surface area contributed by atoms with Crippen LogP contribution in [0.2, 0.25) is 5.04 Å². The predicted octanol–water partition coefficient (Wildman–Crippen LogP) is 7.81. The topological polar surface area (TPSA) is 86.2 Å². The van der Waals surface area contributed by atoms with E-state index in [9.17, 15) is 18.0 Å². The van der Waals surface area contributed by atoms with Crippen LogP contribution in [0.3, 0.4) is 0 Å². The van der Waals surface area contributed by atoms with E-state index in [1.807, 2.05) is 18.2 Å². The van der Waals surface area contributed by atoms with Gasteiger partial charge in [-0.05, 0) is 92.7 Å². The fourth-order valence-electron chi connectivity index (χ4n) is 7.90. The van der Waals surface area contributed by atoms with Crippen LogP contribution >= 0.6 is 0 Å². The lowest BCUT2D eigenvalue weighted by molar-refractivity contribution is -0.140. The van der Waals surface area contributed by atoms with Crippen molar-refractivity contribution >= 4 is 41.4 Å². The largest absolute Gasteiger partial charge is 0.444 e. The number of alkyl halides is 3. The van der Waals surface area contributed by atoms with Crippen LogP contribution in [0.4, 0.5) is 23.7 Å². The Hall–Kier alpha value is -4.32. The van der Waals surface area contributed by atoms with E-state index in [0.29, 0.717) is 43.9 Å². The van der Waals surface area contributed by atoms with Crippen molar-refractivity contribution in [2.45, 2.75) is 83.8 Å². The van der Waals surface area contributed by atoms with E-state index >= 15 is 0 Å². The van der Waals surface area contributed by atoms with Gasteiger partial charge in [0, 0.05) is 30.3 Å². The van der Waals surface area contributed by atoms with Gasteiger partial charge in [0.05, 0.1) is 44.2 Å². The number of nitrogens with zero attached hydrogens (tertiary/aromatic N) is 2. The van der Waals surface area contributed by atoms with Crippen molar-refractivity contribution in [2.75, 3.05) is 65.0 Å². The molecule has 1 saturated heterocycles. The number of hydrogen-bond acceptors (Lipinski definition) is 7. The van der Waals surface area contributed by atoms with Gasteiger partial charge in [-0.1, -0.05) is 93.4 Å². The Morgan fingerprint density at radius 2 is 1.47 bits per heavy atom. The van der Waals surface area contributed by atoms with E-state index in [2.05, 4.69) is 104 Å². The number of nitrogens with one attached hydrogen (secondary N) is 2. The highest BCUT2D eigenvalue weighted by atomic mass is 28.4. The third-order valence-corrected chi connectivity index (χ3v) is 15.5. The van der Waals surface area contributed by atoms with Gasteiger partial charge in [0.15, 0.2) is 0 Å². The quantitative estimate of drug-likeness (QED) is 0.0677. The number of hydrogen-bond donors (Lipinski definition) is 2. The summed E-state index contributed by atoms with van der Waals surface area (Å²) in [5.41, 5.74) is 0.719. The van der Waals surface area contributed by atoms with Crippen LogP contribution in [-0.4, -0.2) is 101 Å². The van der Waals surface area contributed by atoms with Crippen LogP contribution < -0.4 is 21.0 Å². The Morgan fingerprint density at radius 3 is 2.08 bits per heavy atom. The van der Waals surface area contributed by atoms with Gasteiger partial charge in [-0.3, -0.25) is 0 Å². The molecule has 4 aromatic rings. The summed E-state index contributed by atoms with van der Waals surface area (Å²) < 4.78 is 66.8. The Kier molecular flexibility index (Phi) is 15.7. The number of benzene rings is 3. The normalized spacial score (nSPS) is 16.7. The van der Waals surface area contributed by atoms with Crippen LogP contribution in [-0.2, 0) is 25.2 Å². The molecular formula is C46H61F3N4O5Si. The molecule has 0 radical (unpaired) electrons. The zero-order chi connectivity index (χ0) is 42.7. The van der Waals surface area contributed by atoms with Crippen LogP contribution in [0.5, 0.6) is 0 Å². The van der Waals surface area contributed by atoms with E-state index < -0.39 is 32.7 Å². The molecule has 320 valence electrons. The summed E-state index contributed by atoms with van der Waals surface area (Å²) in [5.74, 6) is 5.88. The van der Waals surface area contributed by atoms with Gasteiger partial charge in [0.1, 0.15) is 12.1 Å². The monoisotopic (exact) mass is 834 g/mol. The lowest BCUT2D eigenvalue weighted by Gasteiger charge is -2.43. The summed E-state index contributed by atoms with van der Waals surface area (Å²) >= 11 is 0. The van der Waals surface area contributed by atoms with Gasteiger partial charge in [-0.15, -0.1) is 0 Å². The van der Waals surface area contributed by atoms with Gasteiger partial charge in [-0.25, -0.2) is 4.79 Å². The van der Waals surface area contributed by atoms with Crippen LogP contribution in [0.15, 0.2) is 84.9 Å². The molecule has 1 amide bonds. The van der Waals surface area contributed by atoms with E-state index in [4.69, 9.17) is 18.6 Å². The highest BCUT2D eigenvalue weighted by Gasteiger charge is 2.50. The van der Waals surface area contributed by atoms with Gasteiger partial charge >= 0.3 is 12.3 Å². The predicted molar refractivity (Wildman–Crippen MR) is 232 cm³/mol. The van der Waals surface area contributed by atoms with Crippen molar-refractivity contribution in [3.05, 3.63) is 90.6 Å². The molecule has 59 heavy (non-hydrogen) atoms. The average Bonchev–Trinajstić information content (AvgIpc) is 3.51. The average molecular weight is 835 g/mol. The van der Waals surface area contributed by atoms with E-state index in [-0.39, 0.29) is 29.2 Å². The molecule has 0 spiro atoms. The zero-order valence-corrected chi connectivity index (χ0v) is 36.6. The molecule has 0 saturated carbocycles. The molecule has 5 rings (SSSR count). The zero-order valence-electron chi connectivity index (χ0n) is 35.6. The number of likely N-dealkylation sites (tertiary alicyclic amines) is 1. The van der Waals surface area contributed by atoms with E-state index in [0.717, 1.165) is 31.6 Å². The number of amides is 1. The van der Waals surface area contributed by atoms with Crippen molar-refractivity contribution in [1.29, 1.82) is 0 Å². The molecule has 1 fully saturated rings. The molecule has 2 unspecified atom stereocenters. The maximum Gasteiger partial charge on any atom is 0.408 e. The molecule has 9 nitrogen and oxygen atoms in total. The molecule has 1 aromatic heterocycles. The molecule has 0 aliphatic carbocycles.